The molecule has 2 aromatic rings. The Bertz CT molecular complexity index is 542. The van der Waals surface area contributed by atoms with E-state index in [9.17, 15) is 4.79 Å². The monoisotopic (exact) mass is 290 g/mol. The van der Waals surface area contributed by atoms with Gasteiger partial charge in [0, 0.05) is 24.5 Å². The van der Waals surface area contributed by atoms with Gasteiger partial charge < -0.3 is 10.5 Å². The van der Waals surface area contributed by atoms with Crippen molar-refractivity contribution in [3.8, 4) is 0 Å². The van der Waals surface area contributed by atoms with Crippen molar-refractivity contribution in [3.63, 3.8) is 0 Å². The average Bonchev–Trinajstić information content (AvgIpc) is 2.99. The number of thiazole rings is 1. The van der Waals surface area contributed by atoms with E-state index >= 15 is 0 Å². The molecule has 4 nitrogen and oxygen atoms in total. The van der Waals surface area contributed by atoms with Crippen LogP contribution in [0.1, 0.15) is 17.5 Å². The Hall–Kier alpha value is -1.72. The van der Waals surface area contributed by atoms with Crippen LogP contribution in [0.5, 0.6) is 0 Å². The van der Waals surface area contributed by atoms with E-state index in [-0.39, 0.29) is 12.5 Å². The fraction of sp³-hybridized carbons (Fsp3) is 0.333. The molecule has 2 rings (SSSR count). The molecule has 1 heterocycles. The Morgan fingerprint density at radius 3 is 2.70 bits per heavy atom. The van der Waals surface area contributed by atoms with E-state index in [0.29, 0.717) is 13.0 Å². The Balaban J connectivity index is 2.43. The van der Waals surface area contributed by atoms with E-state index in [4.69, 9.17) is 10.5 Å². The van der Waals surface area contributed by atoms with E-state index < -0.39 is 5.41 Å². The standard InChI is InChI=1S/C15H18N2O2S/c1-2-19-14(18)15(11-16,10-13-17-8-9-20-13)12-6-4-3-5-7-12/h3-9H,2,10-11,16H2,1H3. The molecule has 2 N–H and O–H groups in total. The second-order valence-corrected chi connectivity index (χ2v) is 5.45. The molecule has 0 saturated heterocycles. The van der Waals surface area contributed by atoms with Crippen LogP contribution in [-0.2, 0) is 21.4 Å². The molecule has 106 valence electrons. The number of hydrogen-bond donors (Lipinski definition) is 1. The van der Waals surface area contributed by atoms with Crippen LogP contribution in [0, 0.1) is 0 Å². The zero-order valence-corrected chi connectivity index (χ0v) is 12.2. The third-order valence-corrected chi connectivity index (χ3v) is 4.06. The smallest absolute Gasteiger partial charge is 0.318 e. The van der Waals surface area contributed by atoms with E-state index in [0.717, 1.165) is 10.6 Å². The minimum Gasteiger partial charge on any atom is -0.465 e. The number of rotatable bonds is 6. The van der Waals surface area contributed by atoms with Crippen molar-refractivity contribution < 1.29 is 9.53 Å². The molecule has 0 aliphatic heterocycles. The van der Waals surface area contributed by atoms with Crippen molar-refractivity contribution in [1.29, 1.82) is 0 Å². The minimum absolute atomic E-state index is 0.190. The van der Waals surface area contributed by atoms with Gasteiger partial charge in [0.2, 0.25) is 0 Å². The fourth-order valence-corrected chi connectivity index (χ4v) is 2.92. The second kappa shape index (κ2) is 6.63. The molecule has 0 saturated carbocycles. The minimum atomic E-state index is -0.866. The molecule has 20 heavy (non-hydrogen) atoms. The van der Waals surface area contributed by atoms with Gasteiger partial charge in [-0.2, -0.15) is 0 Å². The largest absolute Gasteiger partial charge is 0.465 e. The number of benzene rings is 1. The first-order valence-electron chi connectivity index (χ1n) is 6.54. The third-order valence-electron chi connectivity index (χ3n) is 3.28. The molecular weight excluding hydrogens is 272 g/mol. The number of nitrogens with two attached hydrogens (primary N) is 1. The normalized spacial score (nSPS) is 13.7. The lowest BCUT2D eigenvalue weighted by Gasteiger charge is -2.29. The second-order valence-electron chi connectivity index (χ2n) is 4.48. The summed E-state index contributed by atoms with van der Waals surface area (Å²) < 4.78 is 5.26. The van der Waals surface area contributed by atoms with Crippen molar-refractivity contribution in [2.75, 3.05) is 13.2 Å². The number of ether oxygens (including phenoxy) is 1. The zero-order valence-electron chi connectivity index (χ0n) is 11.4. The highest BCUT2D eigenvalue weighted by Crippen LogP contribution is 2.30. The van der Waals surface area contributed by atoms with Crippen molar-refractivity contribution in [1.82, 2.24) is 4.98 Å². The Kier molecular flexibility index (Phi) is 4.87. The van der Waals surface area contributed by atoms with Gasteiger partial charge in [-0.25, -0.2) is 4.98 Å². The van der Waals surface area contributed by atoms with Crippen LogP contribution in [-0.4, -0.2) is 24.1 Å². The number of carbonyl (C=O) groups is 1. The van der Waals surface area contributed by atoms with Gasteiger partial charge in [0.1, 0.15) is 5.41 Å². The van der Waals surface area contributed by atoms with Crippen LogP contribution in [0.15, 0.2) is 41.9 Å². The highest BCUT2D eigenvalue weighted by atomic mass is 32.1. The number of esters is 1. The van der Waals surface area contributed by atoms with Crippen LogP contribution < -0.4 is 5.73 Å². The summed E-state index contributed by atoms with van der Waals surface area (Å²) in [5.74, 6) is -0.288. The molecule has 0 amide bonds. The summed E-state index contributed by atoms with van der Waals surface area (Å²) in [7, 11) is 0. The van der Waals surface area contributed by atoms with Gasteiger partial charge >= 0.3 is 5.97 Å². The maximum absolute atomic E-state index is 12.5. The van der Waals surface area contributed by atoms with Crippen molar-refractivity contribution in [3.05, 3.63) is 52.5 Å². The molecule has 0 bridgehead atoms. The summed E-state index contributed by atoms with van der Waals surface area (Å²) in [5, 5.41) is 2.78. The molecule has 1 atom stereocenters. The zero-order chi connectivity index (χ0) is 14.4. The van der Waals surface area contributed by atoms with E-state index in [1.807, 2.05) is 35.7 Å². The maximum Gasteiger partial charge on any atom is 0.318 e. The molecule has 0 aliphatic carbocycles. The molecule has 5 heteroatoms. The molecule has 0 fully saturated rings. The molecule has 1 aromatic carbocycles. The van der Waals surface area contributed by atoms with Crippen LogP contribution in [0.4, 0.5) is 0 Å². The molecular formula is C15H18N2O2S. The predicted octanol–water partition coefficient (Wildman–Crippen LogP) is 2.15. The van der Waals surface area contributed by atoms with E-state index in [1.54, 1.807) is 13.1 Å². The lowest BCUT2D eigenvalue weighted by Crippen LogP contribution is -2.46. The Labute approximate surface area is 122 Å². The van der Waals surface area contributed by atoms with Gasteiger partial charge in [0.05, 0.1) is 11.6 Å². The molecule has 1 aromatic heterocycles. The maximum atomic E-state index is 12.5. The lowest BCUT2D eigenvalue weighted by atomic mass is 9.77. The molecule has 0 radical (unpaired) electrons. The summed E-state index contributed by atoms with van der Waals surface area (Å²) >= 11 is 1.52. The summed E-state index contributed by atoms with van der Waals surface area (Å²) in [6.45, 7) is 2.33. The van der Waals surface area contributed by atoms with Gasteiger partial charge in [-0.3, -0.25) is 4.79 Å². The van der Waals surface area contributed by atoms with Gasteiger partial charge in [0.15, 0.2) is 0 Å². The topological polar surface area (TPSA) is 65.2 Å². The SMILES string of the molecule is CCOC(=O)C(CN)(Cc1nccs1)c1ccccc1. The third kappa shape index (κ3) is 2.89. The predicted molar refractivity (Wildman–Crippen MR) is 79.6 cm³/mol. The first kappa shape index (κ1) is 14.7. The lowest BCUT2D eigenvalue weighted by molar-refractivity contribution is -0.149. The van der Waals surface area contributed by atoms with Crippen molar-refractivity contribution >= 4 is 17.3 Å². The van der Waals surface area contributed by atoms with Gasteiger partial charge in [0.25, 0.3) is 0 Å². The number of aromatic nitrogens is 1. The number of hydrogen-bond acceptors (Lipinski definition) is 5. The van der Waals surface area contributed by atoms with Crippen LogP contribution >= 0.6 is 11.3 Å². The summed E-state index contributed by atoms with van der Waals surface area (Å²) in [5.41, 5.74) is 5.97. The fourth-order valence-electron chi connectivity index (χ4n) is 2.19. The molecule has 0 aliphatic rings. The average molecular weight is 290 g/mol. The first-order valence-corrected chi connectivity index (χ1v) is 7.42. The van der Waals surface area contributed by atoms with Gasteiger partial charge in [-0.15, -0.1) is 11.3 Å². The number of nitrogens with zero attached hydrogens (tertiary/aromatic N) is 1. The van der Waals surface area contributed by atoms with Gasteiger partial charge in [-0.05, 0) is 12.5 Å². The van der Waals surface area contributed by atoms with Gasteiger partial charge in [-0.1, -0.05) is 30.3 Å². The van der Waals surface area contributed by atoms with Crippen molar-refractivity contribution in [2.45, 2.75) is 18.8 Å². The van der Waals surface area contributed by atoms with Crippen LogP contribution in [0.3, 0.4) is 0 Å². The van der Waals surface area contributed by atoms with E-state index in [2.05, 4.69) is 4.98 Å². The highest BCUT2D eigenvalue weighted by molar-refractivity contribution is 7.09. The first-order chi connectivity index (χ1) is 9.73. The summed E-state index contributed by atoms with van der Waals surface area (Å²) in [6, 6.07) is 9.55. The quantitative estimate of drug-likeness (QED) is 0.828. The van der Waals surface area contributed by atoms with Crippen LogP contribution in [0.2, 0.25) is 0 Å². The molecule has 1 unspecified atom stereocenters. The number of carbonyl (C=O) groups excluding carboxylic acids is 1. The Morgan fingerprint density at radius 1 is 1.40 bits per heavy atom. The van der Waals surface area contributed by atoms with Crippen molar-refractivity contribution in [2.24, 2.45) is 5.73 Å². The molecule has 0 spiro atoms. The summed E-state index contributed by atoms with van der Waals surface area (Å²) in [6.07, 6.45) is 2.20. The highest BCUT2D eigenvalue weighted by Gasteiger charge is 2.41. The van der Waals surface area contributed by atoms with Crippen LogP contribution in [0.25, 0.3) is 0 Å². The Morgan fingerprint density at radius 2 is 2.15 bits per heavy atom. The van der Waals surface area contributed by atoms with E-state index in [1.165, 1.54) is 11.3 Å². The summed E-state index contributed by atoms with van der Waals surface area (Å²) in [4.78, 5) is 16.8.